The number of nitrogens with one attached hydrogen (secondary N) is 2. The molecule has 1 heterocycles. The summed E-state index contributed by atoms with van der Waals surface area (Å²) in [6.45, 7) is 1.81. The van der Waals surface area contributed by atoms with Crippen molar-refractivity contribution in [2.75, 3.05) is 19.4 Å². The van der Waals surface area contributed by atoms with Gasteiger partial charge < -0.3 is 5.32 Å². The third-order valence-corrected chi connectivity index (χ3v) is 5.70. The fourth-order valence-electron chi connectivity index (χ4n) is 2.40. The summed E-state index contributed by atoms with van der Waals surface area (Å²) < 4.78 is 25.3. The number of carbonyl (C=O) groups is 1. The molecular weight excluding hydrogens is 366 g/mol. The van der Waals surface area contributed by atoms with Crippen LogP contribution in [0.3, 0.4) is 0 Å². The molecule has 0 radical (unpaired) electrons. The number of rotatable bonds is 5. The van der Waals surface area contributed by atoms with Crippen molar-refractivity contribution in [3.8, 4) is 11.4 Å². The third-order valence-electron chi connectivity index (χ3n) is 3.87. The number of aromatic amines is 1. The molecule has 0 aliphatic heterocycles. The molecule has 8 nitrogen and oxygen atoms in total. The van der Waals surface area contributed by atoms with Crippen molar-refractivity contribution in [3.05, 3.63) is 59.9 Å². The van der Waals surface area contributed by atoms with Crippen LogP contribution >= 0.6 is 0 Å². The van der Waals surface area contributed by atoms with E-state index in [0.717, 1.165) is 9.87 Å². The molecule has 0 saturated carbocycles. The summed E-state index contributed by atoms with van der Waals surface area (Å²) in [5, 5.41) is 9.67. The number of amides is 1. The maximum Gasteiger partial charge on any atom is 0.255 e. The Bertz CT molecular complexity index is 1070. The number of aryl methyl sites for hydroxylation is 1. The summed E-state index contributed by atoms with van der Waals surface area (Å²) >= 11 is 0. The van der Waals surface area contributed by atoms with Crippen molar-refractivity contribution in [2.24, 2.45) is 0 Å². The Hall–Kier alpha value is -3.04. The van der Waals surface area contributed by atoms with E-state index in [4.69, 9.17) is 0 Å². The molecule has 3 aromatic rings. The van der Waals surface area contributed by atoms with Crippen LogP contribution in [0.5, 0.6) is 0 Å². The molecule has 0 aliphatic carbocycles. The van der Waals surface area contributed by atoms with E-state index >= 15 is 0 Å². The Balaban J connectivity index is 1.78. The van der Waals surface area contributed by atoms with Gasteiger partial charge in [-0.1, -0.05) is 12.1 Å². The summed E-state index contributed by atoms with van der Waals surface area (Å²) in [4.78, 5) is 16.8. The summed E-state index contributed by atoms with van der Waals surface area (Å²) in [6, 6.07) is 13.0. The first kappa shape index (κ1) is 18.7. The number of hydrogen-bond acceptors (Lipinski definition) is 5. The topological polar surface area (TPSA) is 108 Å². The summed E-state index contributed by atoms with van der Waals surface area (Å²) in [5.74, 6) is 0.904. The van der Waals surface area contributed by atoms with E-state index in [-0.39, 0.29) is 10.8 Å². The fraction of sp³-hybridized carbons (Fsp3) is 0.167. The first-order valence-corrected chi connectivity index (χ1v) is 9.55. The number of hydrogen-bond donors (Lipinski definition) is 2. The number of benzene rings is 2. The second-order valence-electron chi connectivity index (χ2n) is 6.09. The van der Waals surface area contributed by atoms with E-state index in [2.05, 4.69) is 20.5 Å². The van der Waals surface area contributed by atoms with Gasteiger partial charge in [-0.05, 0) is 43.3 Å². The van der Waals surface area contributed by atoms with E-state index in [1.165, 1.54) is 38.4 Å². The lowest BCUT2D eigenvalue weighted by molar-refractivity contribution is 0.102. The average molecular weight is 385 g/mol. The first-order chi connectivity index (χ1) is 12.8. The van der Waals surface area contributed by atoms with Gasteiger partial charge in [0.2, 0.25) is 10.0 Å². The molecule has 3 rings (SSSR count). The number of nitrogens with zero attached hydrogens (tertiary/aromatic N) is 3. The highest BCUT2D eigenvalue weighted by atomic mass is 32.2. The van der Waals surface area contributed by atoms with E-state index < -0.39 is 10.0 Å². The molecule has 0 saturated heterocycles. The molecule has 0 spiro atoms. The Morgan fingerprint density at radius 2 is 1.81 bits per heavy atom. The van der Waals surface area contributed by atoms with Crippen LogP contribution in [0.25, 0.3) is 11.4 Å². The molecule has 27 heavy (non-hydrogen) atoms. The second-order valence-corrected chi connectivity index (χ2v) is 8.24. The van der Waals surface area contributed by atoms with Crippen LogP contribution in [0.1, 0.15) is 16.2 Å². The van der Waals surface area contributed by atoms with Gasteiger partial charge in [-0.2, -0.15) is 5.10 Å². The fourth-order valence-corrected chi connectivity index (χ4v) is 3.30. The maximum absolute atomic E-state index is 12.5. The standard InChI is InChI=1S/C18H19N5O3S/c1-12-19-17(22-21-12)14-5-4-6-15(11-14)20-18(24)13-7-9-16(10-8-13)27(25,26)23(2)3/h4-11H,1-3H3,(H,20,24)(H,19,21,22). The Labute approximate surface area is 157 Å². The van der Waals surface area contributed by atoms with E-state index in [9.17, 15) is 13.2 Å². The molecule has 9 heteroatoms. The summed E-state index contributed by atoms with van der Waals surface area (Å²) in [6.07, 6.45) is 0. The molecule has 0 aliphatic rings. The molecule has 2 N–H and O–H groups in total. The molecule has 0 bridgehead atoms. The van der Waals surface area contributed by atoms with Crippen LogP contribution in [-0.2, 0) is 10.0 Å². The van der Waals surface area contributed by atoms with E-state index in [1.807, 2.05) is 13.0 Å². The van der Waals surface area contributed by atoms with Crippen LogP contribution < -0.4 is 5.32 Å². The molecule has 0 unspecified atom stereocenters. The molecular formula is C18H19N5O3S. The minimum Gasteiger partial charge on any atom is -0.322 e. The molecule has 2 aromatic carbocycles. The number of H-pyrrole nitrogens is 1. The zero-order valence-corrected chi connectivity index (χ0v) is 15.9. The first-order valence-electron chi connectivity index (χ1n) is 8.11. The molecule has 0 atom stereocenters. The maximum atomic E-state index is 12.5. The summed E-state index contributed by atoms with van der Waals surface area (Å²) in [5.41, 5.74) is 1.71. The quantitative estimate of drug-likeness (QED) is 0.700. The second kappa shape index (κ2) is 7.29. The van der Waals surface area contributed by atoms with Gasteiger partial charge in [-0.3, -0.25) is 9.89 Å². The van der Waals surface area contributed by atoms with Crippen LogP contribution in [0, 0.1) is 6.92 Å². The van der Waals surface area contributed by atoms with Crippen molar-refractivity contribution in [3.63, 3.8) is 0 Å². The van der Waals surface area contributed by atoms with Crippen molar-refractivity contribution in [1.29, 1.82) is 0 Å². The van der Waals surface area contributed by atoms with Gasteiger partial charge in [0.25, 0.3) is 5.91 Å². The van der Waals surface area contributed by atoms with Gasteiger partial charge in [0.1, 0.15) is 5.82 Å². The average Bonchev–Trinajstić information content (AvgIpc) is 3.08. The van der Waals surface area contributed by atoms with Gasteiger partial charge in [0.15, 0.2) is 5.82 Å². The largest absolute Gasteiger partial charge is 0.322 e. The number of anilines is 1. The monoisotopic (exact) mass is 385 g/mol. The highest BCUT2D eigenvalue weighted by Gasteiger charge is 2.17. The normalized spacial score (nSPS) is 11.6. The molecule has 1 aromatic heterocycles. The minimum absolute atomic E-state index is 0.131. The predicted molar refractivity (Wildman–Crippen MR) is 102 cm³/mol. The van der Waals surface area contributed by atoms with Crippen molar-refractivity contribution >= 4 is 21.6 Å². The van der Waals surface area contributed by atoms with Crippen LogP contribution in [0.4, 0.5) is 5.69 Å². The van der Waals surface area contributed by atoms with Crippen LogP contribution in [-0.4, -0.2) is 47.9 Å². The van der Waals surface area contributed by atoms with Crippen molar-refractivity contribution in [1.82, 2.24) is 19.5 Å². The van der Waals surface area contributed by atoms with Gasteiger partial charge >= 0.3 is 0 Å². The Kier molecular flexibility index (Phi) is 5.06. The highest BCUT2D eigenvalue weighted by Crippen LogP contribution is 2.20. The number of aromatic nitrogens is 3. The lowest BCUT2D eigenvalue weighted by Crippen LogP contribution is -2.22. The SMILES string of the molecule is Cc1nc(-c2cccc(NC(=O)c3ccc(S(=O)(=O)N(C)C)cc3)c2)n[nH]1. The molecule has 140 valence electrons. The summed E-state index contributed by atoms with van der Waals surface area (Å²) in [7, 11) is -0.614. The zero-order valence-electron chi connectivity index (χ0n) is 15.1. The molecule has 0 fully saturated rings. The van der Waals surface area contributed by atoms with Crippen LogP contribution in [0.15, 0.2) is 53.4 Å². The minimum atomic E-state index is -3.53. The Morgan fingerprint density at radius 3 is 2.41 bits per heavy atom. The van der Waals surface area contributed by atoms with Gasteiger partial charge in [-0.15, -0.1) is 0 Å². The van der Waals surface area contributed by atoms with Gasteiger partial charge in [0.05, 0.1) is 4.90 Å². The Morgan fingerprint density at radius 1 is 1.11 bits per heavy atom. The van der Waals surface area contributed by atoms with Crippen molar-refractivity contribution < 1.29 is 13.2 Å². The van der Waals surface area contributed by atoms with Gasteiger partial charge in [-0.25, -0.2) is 17.7 Å². The van der Waals surface area contributed by atoms with E-state index in [1.54, 1.807) is 18.2 Å². The third kappa shape index (κ3) is 4.04. The lowest BCUT2D eigenvalue weighted by Gasteiger charge is -2.11. The highest BCUT2D eigenvalue weighted by molar-refractivity contribution is 7.89. The lowest BCUT2D eigenvalue weighted by atomic mass is 10.1. The predicted octanol–water partition coefficient (Wildman–Crippen LogP) is 2.28. The smallest absolute Gasteiger partial charge is 0.255 e. The number of sulfonamides is 1. The number of carbonyl (C=O) groups excluding carboxylic acids is 1. The van der Waals surface area contributed by atoms with Crippen molar-refractivity contribution in [2.45, 2.75) is 11.8 Å². The van der Waals surface area contributed by atoms with Gasteiger partial charge in [0, 0.05) is 30.9 Å². The van der Waals surface area contributed by atoms with E-state index in [0.29, 0.717) is 22.9 Å². The molecule has 1 amide bonds. The zero-order chi connectivity index (χ0) is 19.6. The van der Waals surface area contributed by atoms with Crippen LogP contribution in [0.2, 0.25) is 0 Å².